The Morgan fingerprint density at radius 1 is 1.06 bits per heavy atom. The standard InChI is InChI=1S/C30H38N2O3/c1-18-20-16-23(33)25-28(2)13-7-14-29(3,24(28)12-15-30(25,17-20)26(18)34)32-27(35)31-22-11-6-9-19-8-4-5-10-21(19)22/h4-6,8-11,20,23-26,33-34H,1,7,12-17H2,2-3H3,(H2,31,32,35)/t20-,23+,24?,25?,26-,28-,29-,30+/m1/s1. The maximum atomic E-state index is 13.4. The summed E-state index contributed by atoms with van der Waals surface area (Å²) in [5.41, 5.74) is 0.953. The van der Waals surface area contributed by atoms with Gasteiger partial charge in [0.05, 0.1) is 17.9 Å². The van der Waals surface area contributed by atoms with Gasteiger partial charge >= 0.3 is 6.03 Å². The van der Waals surface area contributed by atoms with E-state index in [9.17, 15) is 15.0 Å². The van der Waals surface area contributed by atoms with Crippen molar-refractivity contribution in [2.24, 2.45) is 28.6 Å². The summed E-state index contributed by atoms with van der Waals surface area (Å²) < 4.78 is 0. The summed E-state index contributed by atoms with van der Waals surface area (Å²) in [6.07, 6.45) is 5.47. The van der Waals surface area contributed by atoms with Crippen molar-refractivity contribution >= 4 is 22.5 Å². The fourth-order valence-electron chi connectivity index (χ4n) is 9.37. The van der Waals surface area contributed by atoms with Gasteiger partial charge in [-0.25, -0.2) is 4.79 Å². The summed E-state index contributed by atoms with van der Waals surface area (Å²) in [4.78, 5) is 13.4. The second-order valence-corrected chi connectivity index (χ2v) is 12.4. The first-order chi connectivity index (χ1) is 16.7. The van der Waals surface area contributed by atoms with Crippen molar-refractivity contribution in [2.75, 3.05) is 5.32 Å². The van der Waals surface area contributed by atoms with Crippen LogP contribution in [0, 0.1) is 28.6 Å². The second-order valence-electron chi connectivity index (χ2n) is 12.4. The molecule has 2 bridgehead atoms. The number of urea groups is 1. The van der Waals surface area contributed by atoms with Crippen molar-refractivity contribution in [3.63, 3.8) is 0 Å². The van der Waals surface area contributed by atoms with Crippen LogP contribution in [0.1, 0.15) is 58.8 Å². The van der Waals surface area contributed by atoms with Gasteiger partial charge in [-0.2, -0.15) is 0 Å². The maximum absolute atomic E-state index is 13.4. The van der Waals surface area contributed by atoms with Crippen molar-refractivity contribution in [1.82, 2.24) is 5.32 Å². The average molecular weight is 475 g/mol. The monoisotopic (exact) mass is 474 g/mol. The lowest BCUT2D eigenvalue weighted by Gasteiger charge is -2.65. The number of amides is 2. The SMILES string of the molecule is C=C1[C@@H]2C[C@H](O)C3[C@]4(C)CCC[C@@](C)(NC(=O)Nc5cccc6ccccc56)C4CC[C@@]3(C2)[C@@H]1O. The molecule has 0 aliphatic heterocycles. The van der Waals surface area contributed by atoms with Gasteiger partial charge in [0.15, 0.2) is 0 Å². The van der Waals surface area contributed by atoms with Crippen molar-refractivity contribution in [1.29, 1.82) is 0 Å². The molecular weight excluding hydrogens is 436 g/mol. The normalized spacial score (nSPS) is 42.3. The molecular formula is C30H38N2O3. The quantitative estimate of drug-likeness (QED) is 0.426. The molecule has 0 aromatic heterocycles. The predicted molar refractivity (Wildman–Crippen MR) is 139 cm³/mol. The Kier molecular flexibility index (Phi) is 5.15. The van der Waals surface area contributed by atoms with Crippen molar-refractivity contribution in [2.45, 2.75) is 76.5 Å². The van der Waals surface area contributed by atoms with Crippen LogP contribution < -0.4 is 10.6 Å². The van der Waals surface area contributed by atoms with Crippen molar-refractivity contribution in [3.05, 3.63) is 54.6 Å². The van der Waals surface area contributed by atoms with Crippen LogP contribution in [0.5, 0.6) is 0 Å². The smallest absolute Gasteiger partial charge is 0.319 e. The van der Waals surface area contributed by atoms with E-state index in [-0.39, 0.29) is 40.2 Å². The zero-order valence-corrected chi connectivity index (χ0v) is 20.9. The van der Waals surface area contributed by atoms with Crippen LogP contribution in [-0.4, -0.2) is 34.0 Å². The maximum Gasteiger partial charge on any atom is 0.319 e. The summed E-state index contributed by atoms with van der Waals surface area (Å²) in [5, 5.41) is 31.4. The van der Waals surface area contributed by atoms with Crippen molar-refractivity contribution in [3.8, 4) is 0 Å². The minimum Gasteiger partial charge on any atom is -0.393 e. The average Bonchev–Trinajstić information content (AvgIpc) is 2.99. The van der Waals surface area contributed by atoms with Crippen LogP contribution in [0.4, 0.5) is 10.5 Å². The number of hydrogen-bond donors (Lipinski definition) is 4. The van der Waals surface area contributed by atoms with E-state index in [4.69, 9.17) is 0 Å². The van der Waals surface area contributed by atoms with Crippen molar-refractivity contribution < 1.29 is 15.0 Å². The van der Waals surface area contributed by atoms with E-state index in [1.54, 1.807) is 0 Å². The number of aliphatic hydroxyl groups excluding tert-OH is 2. The highest BCUT2D eigenvalue weighted by Gasteiger charge is 2.69. The lowest BCUT2D eigenvalue weighted by molar-refractivity contribution is -0.195. The summed E-state index contributed by atoms with van der Waals surface area (Å²) in [6, 6.07) is 13.9. The van der Waals surface area contributed by atoms with Gasteiger partial charge in [-0.3, -0.25) is 0 Å². The lowest BCUT2D eigenvalue weighted by Crippen LogP contribution is -2.67. The second kappa shape index (κ2) is 7.81. The number of rotatable bonds is 2. The van der Waals surface area contributed by atoms with Gasteiger partial charge in [0, 0.05) is 16.3 Å². The third-order valence-corrected chi connectivity index (χ3v) is 10.6. The van der Waals surface area contributed by atoms with E-state index < -0.39 is 12.2 Å². The van der Waals surface area contributed by atoms with Crippen LogP contribution in [0.15, 0.2) is 54.6 Å². The molecule has 0 radical (unpaired) electrons. The zero-order valence-electron chi connectivity index (χ0n) is 20.9. The third kappa shape index (κ3) is 3.24. The van der Waals surface area contributed by atoms with Gasteiger partial charge in [-0.15, -0.1) is 0 Å². The highest BCUT2D eigenvalue weighted by Crippen LogP contribution is 2.70. The highest BCUT2D eigenvalue weighted by atomic mass is 16.3. The molecule has 5 nitrogen and oxygen atoms in total. The molecule has 186 valence electrons. The van der Waals surface area contributed by atoms with Crippen LogP contribution >= 0.6 is 0 Å². The Morgan fingerprint density at radius 2 is 1.83 bits per heavy atom. The Hall–Kier alpha value is -2.37. The molecule has 5 heteroatoms. The first kappa shape index (κ1) is 23.1. The first-order valence-electron chi connectivity index (χ1n) is 13.3. The molecule has 2 aromatic rings. The number of aliphatic hydroxyl groups is 2. The Labute approximate surface area is 208 Å². The highest BCUT2D eigenvalue weighted by molar-refractivity contribution is 6.01. The fraction of sp³-hybridized carbons (Fsp3) is 0.567. The van der Waals surface area contributed by atoms with Gasteiger partial charge in [0.25, 0.3) is 0 Å². The van der Waals surface area contributed by atoms with Crippen LogP contribution in [-0.2, 0) is 0 Å². The van der Waals surface area contributed by atoms with Crippen LogP contribution in [0.2, 0.25) is 0 Å². The minimum atomic E-state index is -0.525. The number of carbonyl (C=O) groups is 1. The molecule has 0 heterocycles. The van der Waals surface area contributed by atoms with Gasteiger partial charge in [0.1, 0.15) is 0 Å². The van der Waals surface area contributed by atoms with E-state index in [2.05, 4.69) is 43.2 Å². The number of carbonyl (C=O) groups excluding carboxylic acids is 1. The molecule has 4 aliphatic rings. The zero-order chi connectivity index (χ0) is 24.6. The Bertz CT molecular complexity index is 1190. The van der Waals surface area contributed by atoms with Crippen LogP contribution in [0.3, 0.4) is 0 Å². The number of benzene rings is 2. The molecule has 35 heavy (non-hydrogen) atoms. The Balaban J connectivity index is 1.28. The number of hydrogen-bond acceptors (Lipinski definition) is 3. The summed E-state index contributed by atoms with van der Waals surface area (Å²) >= 11 is 0. The molecule has 2 unspecified atom stereocenters. The molecule has 2 amide bonds. The third-order valence-electron chi connectivity index (χ3n) is 10.6. The molecule has 4 saturated carbocycles. The summed E-state index contributed by atoms with van der Waals surface area (Å²) in [6.45, 7) is 8.74. The lowest BCUT2D eigenvalue weighted by atomic mass is 9.41. The van der Waals surface area contributed by atoms with Gasteiger partial charge in [-0.05, 0) is 85.6 Å². The van der Waals surface area contributed by atoms with Gasteiger partial charge < -0.3 is 20.8 Å². The van der Waals surface area contributed by atoms with E-state index in [1.807, 2.05) is 30.3 Å². The molecule has 1 spiro atoms. The topological polar surface area (TPSA) is 81.6 Å². The largest absolute Gasteiger partial charge is 0.393 e. The molecule has 6 rings (SSSR count). The fourth-order valence-corrected chi connectivity index (χ4v) is 9.37. The minimum absolute atomic E-state index is 0.0294. The number of fused-ring (bicyclic) bond motifs is 4. The first-order valence-corrected chi connectivity index (χ1v) is 13.3. The molecule has 4 aliphatic carbocycles. The van der Waals surface area contributed by atoms with Gasteiger partial charge in [0.2, 0.25) is 0 Å². The molecule has 4 N–H and O–H groups in total. The van der Waals surface area contributed by atoms with E-state index in [1.165, 1.54) is 0 Å². The molecule has 2 aromatic carbocycles. The van der Waals surface area contributed by atoms with E-state index in [0.29, 0.717) is 6.42 Å². The Morgan fingerprint density at radius 3 is 2.66 bits per heavy atom. The van der Waals surface area contributed by atoms with Crippen LogP contribution in [0.25, 0.3) is 10.8 Å². The summed E-state index contributed by atoms with van der Waals surface area (Å²) in [5.74, 6) is 0.502. The predicted octanol–water partition coefficient (Wildman–Crippen LogP) is 5.62. The van der Waals surface area contributed by atoms with E-state index in [0.717, 1.165) is 60.6 Å². The summed E-state index contributed by atoms with van der Waals surface area (Å²) in [7, 11) is 0. The molecule has 8 atom stereocenters. The molecule has 4 fully saturated rings. The van der Waals surface area contributed by atoms with E-state index >= 15 is 0 Å². The van der Waals surface area contributed by atoms with Gasteiger partial charge in [-0.1, -0.05) is 56.3 Å². The number of nitrogens with one attached hydrogen (secondary N) is 2. The number of anilines is 1. The molecule has 0 saturated heterocycles.